The molecule has 2 nitrogen and oxygen atoms in total. The van der Waals surface area contributed by atoms with Crippen LogP contribution in [0, 0.1) is 0 Å². The van der Waals surface area contributed by atoms with Gasteiger partial charge in [-0.3, -0.25) is 0 Å². The first-order valence-electron chi connectivity index (χ1n) is 5.19. The molecule has 0 unspecified atom stereocenters. The van der Waals surface area contributed by atoms with Crippen molar-refractivity contribution in [1.29, 1.82) is 0 Å². The predicted octanol–water partition coefficient (Wildman–Crippen LogP) is 1.83. The average Bonchev–Trinajstić information content (AvgIpc) is 2.49. The Kier molecular flexibility index (Phi) is 2.37. The minimum Gasteiger partial charge on any atom is -0.376 e. The summed E-state index contributed by atoms with van der Waals surface area (Å²) in [5.41, 5.74) is 6.11. The molecular weight excluding hydrogens is 150 g/mol. The Balaban J connectivity index is 1.67. The fourth-order valence-electron chi connectivity index (χ4n) is 2.11. The zero-order chi connectivity index (χ0) is 8.44. The van der Waals surface area contributed by atoms with Gasteiger partial charge < -0.3 is 10.5 Å². The van der Waals surface area contributed by atoms with Crippen LogP contribution in [0.15, 0.2) is 0 Å². The Morgan fingerprint density at radius 2 is 1.83 bits per heavy atom. The van der Waals surface area contributed by atoms with Crippen molar-refractivity contribution in [2.45, 2.75) is 56.6 Å². The Morgan fingerprint density at radius 3 is 2.33 bits per heavy atom. The van der Waals surface area contributed by atoms with Gasteiger partial charge in [-0.25, -0.2) is 0 Å². The maximum absolute atomic E-state index is 6.06. The zero-order valence-electron chi connectivity index (χ0n) is 7.72. The number of rotatable bonds is 3. The molecular formula is C10H19NO. The molecule has 2 fully saturated rings. The zero-order valence-corrected chi connectivity index (χ0v) is 7.72. The van der Waals surface area contributed by atoms with E-state index in [9.17, 15) is 0 Å². The standard InChI is InChI=1S/C10H19NO/c11-10(6-3-7-10)8-12-9-4-1-2-5-9/h9H,1-8,11H2. The van der Waals surface area contributed by atoms with Gasteiger partial charge in [-0.2, -0.15) is 0 Å². The summed E-state index contributed by atoms with van der Waals surface area (Å²) in [4.78, 5) is 0. The molecule has 0 atom stereocenters. The molecule has 0 bridgehead atoms. The molecule has 0 aromatic heterocycles. The van der Waals surface area contributed by atoms with Crippen LogP contribution in [-0.2, 0) is 4.74 Å². The smallest absolute Gasteiger partial charge is 0.0649 e. The van der Waals surface area contributed by atoms with E-state index in [-0.39, 0.29) is 5.54 Å². The van der Waals surface area contributed by atoms with E-state index in [1.165, 1.54) is 44.9 Å². The summed E-state index contributed by atoms with van der Waals surface area (Å²) in [5, 5.41) is 0. The lowest BCUT2D eigenvalue weighted by molar-refractivity contribution is 0.000767. The lowest BCUT2D eigenvalue weighted by Crippen LogP contribution is -2.51. The highest BCUT2D eigenvalue weighted by Crippen LogP contribution is 2.31. The Labute approximate surface area is 74.5 Å². The monoisotopic (exact) mass is 169 g/mol. The topological polar surface area (TPSA) is 35.2 Å². The highest BCUT2D eigenvalue weighted by atomic mass is 16.5. The van der Waals surface area contributed by atoms with Crippen molar-refractivity contribution >= 4 is 0 Å². The van der Waals surface area contributed by atoms with Crippen molar-refractivity contribution < 1.29 is 4.74 Å². The molecule has 2 N–H and O–H groups in total. The van der Waals surface area contributed by atoms with Gasteiger partial charge in [-0.15, -0.1) is 0 Å². The van der Waals surface area contributed by atoms with Crippen LogP contribution in [0.3, 0.4) is 0 Å². The van der Waals surface area contributed by atoms with Crippen molar-refractivity contribution in [3.05, 3.63) is 0 Å². The van der Waals surface area contributed by atoms with Crippen LogP contribution in [0.25, 0.3) is 0 Å². The summed E-state index contributed by atoms with van der Waals surface area (Å²) < 4.78 is 5.78. The molecule has 2 heteroatoms. The molecule has 70 valence electrons. The van der Waals surface area contributed by atoms with Crippen LogP contribution in [0.1, 0.15) is 44.9 Å². The molecule has 0 heterocycles. The third kappa shape index (κ3) is 1.80. The van der Waals surface area contributed by atoms with E-state index >= 15 is 0 Å². The van der Waals surface area contributed by atoms with E-state index in [0.29, 0.717) is 6.10 Å². The molecule has 12 heavy (non-hydrogen) atoms. The number of hydrogen-bond acceptors (Lipinski definition) is 2. The molecule has 0 spiro atoms. The third-order valence-corrected chi connectivity index (χ3v) is 3.26. The van der Waals surface area contributed by atoms with E-state index in [4.69, 9.17) is 10.5 Å². The summed E-state index contributed by atoms with van der Waals surface area (Å²) in [5.74, 6) is 0. The molecule has 2 saturated carbocycles. The Morgan fingerprint density at radius 1 is 1.17 bits per heavy atom. The van der Waals surface area contributed by atoms with Crippen molar-refractivity contribution in [3.63, 3.8) is 0 Å². The van der Waals surface area contributed by atoms with Gasteiger partial charge in [-0.05, 0) is 32.1 Å². The molecule has 0 aromatic carbocycles. The average molecular weight is 169 g/mol. The van der Waals surface area contributed by atoms with Crippen LogP contribution >= 0.6 is 0 Å². The van der Waals surface area contributed by atoms with Gasteiger partial charge in [0.2, 0.25) is 0 Å². The van der Waals surface area contributed by atoms with Crippen molar-refractivity contribution in [2.75, 3.05) is 6.61 Å². The van der Waals surface area contributed by atoms with Crippen LogP contribution in [0.4, 0.5) is 0 Å². The summed E-state index contributed by atoms with van der Waals surface area (Å²) in [6.45, 7) is 0.803. The predicted molar refractivity (Wildman–Crippen MR) is 49.0 cm³/mol. The van der Waals surface area contributed by atoms with Gasteiger partial charge in [0.05, 0.1) is 12.7 Å². The number of ether oxygens (including phenoxy) is 1. The molecule has 2 aliphatic carbocycles. The minimum absolute atomic E-state index is 0.0581. The summed E-state index contributed by atoms with van der Waals surface area (Å²) in [6.07, 6.45) is 9.38. The van der Waals surface area contributed by atoms with Gasteiger partial charge in [0.1, 0.15) is 0 Å². The normalized spacial score (nSPS) is 28.8. The second-order valence-corrected chi connectivity index (χ2v) is 4.43. The molecule has 0 aromatic rings. The second kappa shape index (κ2) is 3.35. The van der Waals surface area contributed by atoms with E-state index < -0.39 is 0 Å². The first kappa shape index (κ1) is 8.52. The minimum atomic E-state index is 0.0581. The van der Waals surface area contributed by atoms with Crippen molar-refractivity contribution in [1.82, 2.24) is 0 Å². The number of nitrogens with two attached hydrogens (primary N) is 1. The quantitative estimate of drug-likeness (QED) is 0.699. The SMILES string of the molecule is NC1(COC2CCCC2)CCC1. The fraction of sp³-hybridized carbons (Fsp3) is 1.00. The van der Waals surface area contributed by atoms with Crippen molar-refractivity contribution in [3.8, 4) is 0 Å². The van der Waals surface area contributed by atoms with E-state index in [1.54, 1.807) is 0 Å². The molecule has 2 aliphatic rings. The molecule has 0 amide bonds. The van der Waals surface area contributed by atoms with Crippen LogP contribution < -0.4 is 5.73 Å². The highest BCUT2D eigenvalue weighted by molar-refractivity contribution is 4.92. The molecule has 0 aliphatic heterocycles. The van der Waals surface area contributed by atoms with E-state index in [0.717, 1.165) is 6.61 Å². The van der Waals surface area contributed by atoms with E-state index in [2.05, 4.69) is 0 Å². The summed E-state index contributed by atoms with van der Waals surface area (Å²) in [7, 11) is 0. The first-order chi connectivity index (χ1) is 5.79. The summed E-state index contributed by atoms with van der Waals surface area (Å²) in [6, 6.07) is 0. The summed E-state index contributed by atoms with van der Waals surface area (Å²) >= 11 is 0. The van der Waals surface area contributed by atoms with Crippen molar-refractivity contribution in [2.24, 2.45) is 5.73 Å². The lowest BCUT2D eigenvalue weighted by atomic mass is 9.78. The Hall–Kier alpha value is -0.0800. The maximum Gasteiger partial charge on any atom is 0.0649 e. The second-order valence-electron chi connectivity index (χ2n) is 4.43. The van der Waals surface area contributed by atoms with Crippen LogP contribution in [0.2, 0.25) is 0 Å². The van der Waals surface area contributed by atoms with Gasteiger partial charge in [0, 0.05) is 5.54 Å². The first-order valence-corrected chi connectivity index (χ1v) is 5.19. The molecule has 0 radical (unpaired) electrons. The fourth-order valence-corrected chi connectivity index (χ4v) is 2.11. The third-order valence-electron chi connectivity index (χ3n) is 3.26. The van der Waals surface area contributed by atoms with Crippen LogP contribution in [-0.4, -0.2) is 18.2 Å². The molecule has 0 saturated heterocycles. The Bertz CT molecular complexity index is 148. The van der Waals surface area contributed by atoms with Crippen LogP contribution in [0.5, 0.6) is 0 Å². The van der Waals surface area contributed by atoms with Gasteiger partial charge in [-0.1, -0.05) is 12.8 Å². The highest BCUT2D eigenvalue weighted by Gasteiger charge is 2.33. The molecule has 2 rings (SSSR count). The van der Waals surface area contributed by atoms with Gasteiger partial charge >= 0.3 is 0 Å². The van der Waals surface area contributed by atoms with Gasteiger partial charge in [0.15, 0.2) is 0 Å². The maximum atomic E-state index is 6.06. The lowest BCUT2D eigenvalue weighted by Gasteiger charge is -2.38. The van der Waals surface area contributed by atoms with Gasteiger partial charge in [0.25, 0.3) is 0 Å². The largest absolute Gasteiger partial charge is 0.376 e. The number of hydrogen-bond donors (Lipinski definition) is 1. The van der Waals surface area contributed by atoms with E-state index in [1.807, 2.05) is 0 Å².